The molecule has 1 aromatic rings. The molecule has 0 saturated carbocycles. The molecular formula is C17H28N2S. The van der Waals surface area contributed by atoms with Crippen molar-refractivity contribution in [2.75, 3.05) is 18.0 Å². The van der Waals surface area contributed by atoms with Gasteiger partial charge in [-0.3, -0.25) is 0 Å². The highest BCUT2D eigenvalue weighted by Gasteiger charge is 2.22. The summed E-state index contributed by atoms with van der Waals surface area (Å²) in [7, 11) is 0. The lowest BCUT2D eigenvalue weighted by Crippen LogP contribution is -2.40. The minimum Gasteiger partial charge on any atom is -0.369 e. The summed E-state index contributed by atoms with van der Waals surface area (Å²) in [4.78, 5) is 2.54. The Bertz CT molecular complexity index is 435. The van der Waals surface area contributed by atoms with Gasteiger partial charge >= 0.3 is 0 Å². The third kappa shape index (κ3) is 4.16. The summed E-state index contributed by atoms with van der Waals surface area (Å²) in [6.07, 6.45) is 0. The van der Waals surface area contributed by atoms with Crippen molar-refractivity contribution in [3.05, 3.63) is 29.3 Å². The van der Waals surface area contributed by atoms with E-state index in [9.17, 15) is 0 Å². The monoisotopic (exact) mass is 292 g/mol. The van der Waals surface area contributed by atoms with Gasteiger partial charge in [-0.2, -0.15) is 11.8 Å². The number of rotatable bonds is 4. The van der Waals surface area contributed by atoms with Crippen LogP contribution in [0.15, 0.2) is 18.2 Å². The van der Waals surface area contributed by atoms with Gasteiger partial charge in [-0.15, -0.1) is 0 Å². The number of hydrogen-bond acceptors (Lipinski definition) is 3. The van der Waals surface area contributed by atoms with Gasteiger partial charge in [0, 0.05) is 41.9 Å². The highest BCUT2D eigenvalue weighted by molar-refractivity contribution is 8.00. The Morgan fingerprint density at radius 3 is 2.45 bits per heavy atom. The fourth-order valence-electron chi connectivity index (χ4n) is 2.78. The molecular weight excluding hydrogens is 264 g/mol. The molecule has 0 aromatic heterocycles. The predicted octanol–water partition coefficient (Wildman–Crippen LogP) is 3.82. The molecule has 0 amide bonds. The Labute approximate surface area is 128 Å². The van der Waals surface area contributed by atoms with E-state index in [0.29, 0.717) is 6.04 Å². The first-order valence-corrected chi connectivity index (χ1v) is 8.63. The van der Waals surface area contributed by atoms with Crippen molar-refractivity contribution in [2.24, 2.45) is 0 Å². The zero-order chi connectivity index (χ0) is 14.7. The first-order valence-electron chi connectivity index (χ1n) is 7.69. The standard InChI is InChI=1S/C17H28N2S/c1-12(2)18-9-16-6-7-17(8-13(16)3)19-10-14(4)20-15(5)11-19/h6-8,12,14-15,18H,9-11H2,1-5H3. The highest BCUT2D eigenvalue weighted by Crippen LogP contribution is 2.29. The topological polar surface area (TPSA) is 15.3 Å². The Kier molecular flexibility index (Phi) is 5.39. The van der Waals surface area contributed by atoms with Crippen molar-refractivity contribution >= 4 is 17.4 Å². The highest BCUT2D eigenvalue weighted by atomic mass is 32.2. The average Bonchev–Trinajstić information content (AvgIpc) is 2.35. The number of anilines is 1. The van der Waals surface area contributed by atoms with E-state index in [1.165, 1.54) is 16.8 Å². The molecule has 1 saturated heterocycles. The van der Waals surface area contributed by atoms with E-state index in [0.717, 1.165) is 30.1 Å². The molecule has 1 fully saturated rings. The molecule has 1 aliphatic heterocycles. The van der Waals surface area contributed by atoms with E-state index in [1.807, 2.05) is 0 Å². The average molecular weight is 292 g/mol. The third-order valence-corrected chi connectivity index (χ3v) is 5.04. The second-order valence-electron chi connectivity index (χ2n) is 6.31. The van der Waals surface area contributed by atoms with E-state index in [4.69, 9.17) is 0 Å². The summed E-state index contributed by atoms with van der Waals surface area (Å²) in [5, 5.41) is 4.95. The quantitative estimate of drug-likeness (QED) is 0.908. The molecule has 2 rings (SSSR count). The summed E-state index contributed by atoms with van der Waals surface area (Å²) in [5.41, 5.74) is 4.19. The fraction of sp³-hybridized carbons (Fsp3) is 0.647. The molecule has 2 atom stereocenters. The number of benzene rings is 1. The molecule has 1 heterocycles. The zero-order valence-electron chi connectivity index (χ0n) is 13.4. The van der Waals surface area contributed by atoms with Crippen LogP contribution in [0.25, 0.3) is 0 Å². The second-order valence-corrected chi connectivity index (χ2v) is 8.19. The Morgan fingerprint density at radius 2 is 1.90 bits per heavy atom. The maximum atomic E-state index is 3.50. The molecule has 2 unspecified atom stereocenters. The van der Waals surface area contributed by atoms with Gasteiger partial charge in [0.25, 0.3) is 0 Å². The normalized spacial score (nSPS) is 23.4. The van der Waals surface area contributed by atoms with Crippen molar-refractivity contribution in [3.63, 3.8) is 0 Å². The maximum absolute atomic E-state index is 3.50. The lowest BCUT2D eigenvalue weighted by atomic mass is 10.1. The van der Waals surface area contributed by atoms with Gasteiger partial charge in [0.2, 0.25) is 0 Å². The molecule has 1 N–H and O–H groups in total. The number of aryl methyl sites for hydroxylation is 1. The van der Waals surface area contributed by atoms with Gasteiger partial charge in [0.05, 0.1) is 0 Å². The van der Waals surface area contributed by atoms with Crippen molar-refractivity contribution in [1.82, 2.24) is 5.32 Å². The van der Waals surface area contributed by atoms with Crippen LogP contribution < -0.4 is 10.2 Å². The first-order chi connectivity index (χ1) is 9.45. The fourth-order valence-corrected chi connectivity index (χ4v) is 4.10. The third-order valence-electron chi connectivity index (χ3n) is 3.81. The molecule has 0 radical (unpaired) electrons. The van der Waals surface area contributed by atoms with Crippen LogP contribution in [0.4, 0.5) is 5.69 Å². The van der Waals surface area contributed by atoms with Crippen LogP contribution in [-0.2, 0) is 6.54 Å². The Morgan fingerprint density at radius 1 is 1.25 bits per heavy atom. The minimum absolute atomic E-state index is 0.537. The van der Waals surface area contributed by atoms with Crippen molar-refractivity contribution in [2.45, 2.75) is 57.7 Å². The van der Waals surface area contributed by atoms with E-state index in [2.05, 4.69) is 74.8 Å². The number of nitrogens with one attached hydrogen (secondary N) is 1. The van der Waals surface area contributed by atoms with Crippen LogP contribution >= 0.6 is 11.8 Å². The second kappa shape index (κ2) is 6.86. The molecule has 0 aliphatic carbocycles. The SMILES string of the molecule is Cc1cc(N2CC(C)SC(C)C2)ccc1CNC(C)C. The van der Waals surface area contributed by atoms with Gasteiger partial charge in [-0.25, -0.2) is 0 Å². The summed E-state index contributed by atoms with van der Waals surface area (Å²) in [6, 6.07) is 7.47. The van der Waals surface area contributed by atoms with Crippen LogP contribution in [-0.4, -0.2) is 29.6 Å². The lowest BCUT2D eigenvalue weighted by molar-refractivity contribution is 0.587. The van der Waals surface area contributed by atoms with Gasteiger partial charge in [-0.05, 0) is 30.2 Å². The number of hydrogen-bond donors (Lipinski definition) is 1. The van der Waals surface area contributed by atoms with Gasteiger partial charge in [-0.1, -0.05) is 33.8 Å². The van der Waals surface area contributed by atoms with E-state index in [-0.39, 0.29) is 0 Å². The van der Waals surface area contributed by atoms with E-state index >= 15 is 0 Å². The Balaban J connectivity index is 2.08. The van der Waals surface area contributed by atoms with Crippen LogP contribution in [0, 0.1) is 6.92 Å². The van der Waals surface area contributed by atoms with Crippen molar-refractivity contribution in [3.8, 4) is 0 Å². The van der Waals surface area contributed by atoms with Crippen LogP contribution in [0.1, 0.15) is 38.8 Å². The summed E-state index contributed by atoms with van der Waals surface area (Å²) in [5.74, 6) is 0. The zero-order valence-corrected chi connectivity index (χ0v) is 14.3. The van der Waals surface area contributed by atoms with Crippen LogP contribution in [0.3, 0.4) is 0 Å². The first kappa shape index (κ1) is 15.7. The van der Waals surface area contributed by atoms with Crippen LogP contribution in [0.5, 0.6) is 0 Å². The number of thioether (sulfide) groups is 1. The molecule has 3 heteroatoms. The molecule has 0 spiro atoms. The molecule has 2 nitrogen and oxygen atoms in total. The molecule has 1 aromatic carbocycles. The summed E-state index contributed by atoms with van der Waals surface area (Å²) >= 11 is 2.11. The van der Waals surface area contributed by atoms with Gasteiger partial charge in [0.1, 0.15) is 0 Å². The summed E-state index contributed by atoms with van der Waals surface area (Å²) in [6.45, 7) is 14.6. The van der Waals surface area contributed by atoms with E-state index in [1.54, 1.807) is 0 Å². The van der Waals surface area contributed by atoms with Gasteiger partial charge < -0.3 is 10.2 Å². The Hall–Kier alpha value is -0.670. The van der Waals surface area contributed by atoms with E-state index < -0.39 is 0 Å². The molecule has 1 aliphatic rings. The maximum Gasteiger partial charge on any atom is 0.0369 e. The van der Waals surface area contributed by atoms with Crippen molar-refractivity contribution in [1.29, 1.82) is 0 Å². The molecule has 20 heavy (non-hydrogen) atoms. The molecule has 0 bridgehead atoms. The van der Waals surface area contributed by atoms with Crippen molar-refractivity contribution < 1.29 is 0 Å². The smallest absolute Gasteiger partial charge is 0.0369 e. The predicted molar refractivity (Wildman–Crippen MR) is 91.9 cm³/mol. The summed E-state index contributed by atoms with van der Waals surface area (Å²) < 4.78 is 0. The lowest BCUT2D eigenvalue weighted by Gasteiger charge is -2.36. The largest absolute Gasteiger partial charge is 0.369 e. The van der Waals surface area contributed by atoms with Crippen LogP contribution in [0.2, 0.25) is 0 Å². The minimum atomic E-state index is 0.537. The molecule has 112 valence electrons. The van der Waals surface area contributed by atoms with Gasteiger partial charge in [0.15, 0.2) is 0 Å². The number of nitrogens with zero attached hydrogens (tertiary/aromatic N) is 1.